The fourth-order valence-electron chi connectivity index (χ4n) is 3.67. The van der Waals surface area contributed by atoms with Gasteiger partial charge in [0.2, 0.25) is 17.7 Å². The Labute approximate surface area is 169 Å². The van der Waals surface area contributed by atoms with Crippen molar-refractivity contribution in [3.63, 3.8) is 0 Å². The maximum absolute atomic E-state index is 13.2. The van der Waals surface area contributed by atoms with Crippen LogP contribution in [0.4, 0.5) is 5.95 Å². The second-order valence-electron chi connectivity index (χ2n) is 7.28. The van der Waals surface area contributed by atoms with E-state index >= 15 is 0 Å². The van der Waals surface area contributed by atoms with Gasteiger partial charge in [-0.2, -0.15) is 4.98 Å². The molecule has 0 radical (unpaired) electrons. The Morgan fingerprint density at radius 3 is 2.83 bits per heavy atom. The third-order valence-corrected chi connectivity index (χ3v) is 5.20. The number of carbonyl (C=O) groups is 1. The van der Waals surface area contributed by atoms with Gasteiger partial charge in [0.1, 0.15) is 0 Å². The first-order chi connectivity index (χ1) is 14.2. The Kier molecular flexibility index (Phi) is 5.41. The van der Waals surface area contributed by atoms with Crippen molar-refractivity contribution < 1.29 is 9.53 Å². The molecule has 0 atom stereocenters. The zero-order valence-electron chi connectivity index (χ0n) is 16.3. The number of aromatic nitrogens is 4. The van der Waals surface area contributed by atoms with E-state index in [2.05, 4.69) is 37.4 Å². The normalized spacial score (nSPS) is 14.9. The highest BCUT2D eigenvalue weighted by Crippen LogP contribution is 2.37. The number of amides is 1. The van der Waals surface area contributed by atoms with E-state index in [-0.39, 0.29) is 5.91 Å². The summed E-state index contributed by atoms with van der Waals surface area (Å²) in [7, 11) is 1.58. The van der Waals surface area contributed by atoms with Crippen LogP contribution in [0.15, 0.2) is 55.1 Å². The number of anilines is 1. The Morgan fingerprint density at radius 2 is 2.10 bits per heavy atom. The Bertz CT molecular complexity index is 939. The minimum absolute atomic E-state index is 0.0556. The van der Waals surface area contributed by atoms with Crippen molar-refractivity contribution >= 4 is 11.9 Å². The zero-order chi connectivity index (χ0) is 20.1. The maximum Gasteiger partial charge on any atom is 0.230 e. The van der Waals surface area contributed by atoms with Gasteiger partial charge in [-0.3, -0.25) is 4.79 Å². The molecule has 1 aromatic carbocycles. The summed E-state index contributed by atoms with van der Waals surface area (Å²) in [6, 6.07) is 11.8. The summed E-state index contributed by atoms with van der Waals surface area (Å²) in [5.41, 5.74) is 1.63. The van der Waals surface area contributed by atoms with Gasteiger partial charge in [0, 0.05) is 50.2 Å². The molecule has 150 valence electrons. The smallest absolute Gasteiger partial charge is 0.230 e. The number of nitrogens with zero attached hydrogens (tertiary/aromatic N) is 4. The van der Waals surface area contributed by atoms with Crippen LogP contribution in [0.1, 0.15) is 11.3 Å². The van der Waals surface area contributed by atoms with Crippen LogP contribution < -0.4 is 15.0 Å². The Morgan fingerprint density at radius 1 is 1.28 bits per heavy atom. The van der Waals surface area contributed by atoms with Crippen molar-refractivity contribution in [3.05, 3.63) is 66.4 Å². The number of nitrogens with one attached hydrogen (secondary N) is 2. The molecule has 1 fully saturated rings. The molecule has 1 amide bonds. The molecule has 1 aliphatic rings. The van der Waals surface area contributed by atoms with Gasteiger partial charge in [0.05, 0.1) is 18.9 Å². The van der Waals surface area contributed by atoms with Gasteiger partial charge in [-0.15, -0.1) is 0 Å². The SMILES string of the molecule is COc1ccnc(N2CC(Cc3ccccc3)(C(=O)NCCc3cnc[nH]3)C2)n1. The largest absolute Gasteiger partial charge is 0.481 e. The van der Waals surface area contributed by atoms with Crippen molar-refractivity contribution in [1.82, 2.24) is 25.3 Å². The molecule has 0 spiro atoms. The highest BCUT2D eigenvalue weighted by atomic mass is 16.5. The summed E-state index contributed by atoms with van der Waals surface area (Å²) in [6.07, 6.45) is 6.48. The predicted molar refractivity (Wildman–Crippen MR) is 109 cm³/mol. The maximum atomic E-state index is 13.2. The molecule has 2 N–H and O–H groups in total. The van der Waals surface area contributed by atoms with E-state index in [4.69, 9.17) is 4.74 Å². The number of hydrogen-bond acceptors (Lipinski definition) is 6. The van der Waals surface area contributed by atoms with Crippen LogP contribution in [0.5, 0.6) is 5.88 Å². The first-order valence-corrected chi connectivity index (χ1v) is 9.60. The second kappa shape index (κ2) is 8.30. The van der Waals surface area contributed by atoms with Crippen LogP contribution in [-0.2, 0) is 17.6 Å². The molecular formula is C21H24N6O2. The van der Waals surface area contributed by atoms with Gasteiger partial charge < -0.3 is 19.9 Å². The monoisotopic (exact) mass is 392 g/mol. The zero-order valence-corrected chi connectivity index (χ0v) is 16.3. The standard InChI is InChI=1S/C21H24N6O2/c1-29-18-8-10-24-20(26-18)27-13-21(14-27,11-16-5-3-2-4-6-16)19(28)23-9-7-17-12-22-15-25-17/h2-6,8,10,12,15H,7,9,11,13-14H2,1H3,(H,22,25)(H,23,28). The van der Waals surface area contributed by atoms with E-state index in [1.807, 2.05) is 23.1 Å². The molecule has 1 saturated heterocycles. The molecule has 0 saturated carbocycles. The molecule has 0 unspecified atom stereocenters. The van der Waals surface area contributed by atoms with E-state index < -0.39 is 5.41 Å². The molecule has 0 bridgehead atoms. The second-order valence-corrected chi connectivity index (χ2v) is 7.28. The van der Waals surface area contributed by atoms with Gasteiger partial charge in [-0.1, -0.05) is 30.3 Å². The molecule has 1 aliphatic heterocycles. The quantitative estimate of drug-likeness (QED) is 0.605. The van der Waals surface area contributed by atoms with E-state index in [1.165, 1.54) is 0 Å². The van der Waals surface area contributed by atoms with Crippen LogP contribution in [0.3, 0.4) is 0 Å². The van der Waals surface area contributed by atoms with E-state index in [0.29, 0.717) is 37.9 Å². The number of hydrogen-bond donors (Lipinski definition) is 2. The molecule has 2 aromatic heterocycles. The van der Waals surface area contributed by atoms with Crippen LogP contribution in [0.25, 0.3) is 0 Å². The van der Waals surface area contributed by atoms with Crippen LogP contribution in [0, 0.1) is 5.41 Å². The molecule has 29 heavy (non-hydrogen) atoms. The van der Waals surface area contributed by atoms with Gasteiger partial charge in [-0.05, 0) is 12.0 Å². The fraction of sp³-hybridized carbons (Fsp3) is 0.333. The van der Waals surface area contributed by atoms with Crippen molar-refractivity contribution in [3.8, 4) is 5.88 Å². The first kappa shape index (κ1) is 18.9. The van der Waals surface area contributed by atoms with Crippen LogP contribution in [-0.4, -0.2) is 52.6 Å². The lowest BCUT2D eigenvalue weighted by molar-refractivity contribution is -0.132. The molecule has 4 rings (SSSR count). The van der Waals surface area contributed by atoms with E-state index in [1.54, 1.807) is 31.9 Å². The third-order valence-electron chi connectivity index (χ3n) is 5.20. The number of imidazole rings is 1. The summed E-state index contributed by atoms with van der Waals surface area (Å²) in [5.74, 6) is 1.15. The van der Waals surface area contributed by atoms with E-state index in [0.717, 1.165) is 17.7 Å². The molecule has 8 heteroatoms. The number of benzene rings is 1. The average Bonchev–Trinajstić information content (AvgIpc) is 3.24. The fourth-order valence-corrected chi connectivity index (χ4v) is 3.67. The highest BCUT2D eigenvalue weighted by Gasteiger charge is 2.50. The summed E-state index contributed by atoms with van der Waals surface area (Å²) >= 11 is 0. The lowest BCUT2D eigenvalue weighted by Gasteiger charge is -2.49. The third kappa shape index (κ3) is 4.21. The lowest BCUT2D eigenvalue weighted by atomic mass is 9.74. The van der Waals surface area contributed by atoms with Crippen molar-refractivity contribution in [2.24, 2.45) is 5.41 Å². The molecule has 3 aromatic rings. The first-order valence-electron chi connectivity index (χ1n) is 9.60. The predicted octanol–water partition coefficient (Wildman–Crippen LogP) is 1.62. The van der Waals surface area contributed by atoms with Gasteiger partial charge in [-0.25, -0.2) is 9.97 Å². The van der Waals surface area contributed by atoms with Crippen molar-refractivity contribution in [2.45, 2.75) is 12.8 Å². The molecule has 3 heterocycles. The summed E-state index contributed by atoms with van der Waals surface area (Å²) < 4.78 is 5.19. The minimum atomic E-state index is -0.512. The minimum Gasteiger partial charge on any atom is -0.481 e. The number of aromatic amines is 1. The van der Waals surface area contributed by atoms with Crippen LogP contribution >= 0.6 is 0 Å². The summed E-state index contributed by atoms with van der Waals surface area (Å²) in [5, 5.41) is 3.10. The van der Waals surface area contributed by atoms with Gasteiger partial charge >= 0.3 is 0 Å². The number of carbonyl (C=O) groups excluding carboxylic acids is 1. The Balaban J connectivity index is 1.46. The molecular weight excluding hydrogens is 368 g/mol. The highest BCUT2D eigenvalue weighted by molar-refractivity contribution is 5.86. The average molecular weight is 392 g/mol. The topological polar surface area (TPSA) is 96.0 Å². The number of H-pyrrole nitrogens is 1. The molecule has 0 aliphatic carbocycles. The summed E-state index contributed by atoms with van der Waals surface area (Å²) in [6.45, 7) is 1.68. The van der Waals surface area contributed by atoms with Crippen molar-refractivity contribution in [1.29, 1.82) is 0 Å². The van der Waals surface area contributed by atoms with Gasteiger partial charge in [0.25, 0.3) is 0 Å². The number of methoxy groups -OCH3 is 1. The molecule has 8 nitrogen and oxygen atoms in total. The summed E-state index contributed by atoms with van der Waals surface area (Å²) in [4.78, 5) is 31.0. The number of ether oxygens (including phenoxy) is 1. The van der Waals surface area contributed by atoms with Crippen LogP contribution in [0.2, 0.25) is 0 Å². The Hall–Kier alpha value is -3.42. The number of rotatable bonds is 8. The lowest BCUT2D eigenvalue weighted by Crippen LogP contribution is -2.65. The van der Waals surface area contributed by atoms with Gasteiger partial charge in [0.15, 0.2) is 0 Å². The van der Waals surface area contributed by atoms with Crippen molar-refractivity contribution in [2.75, 3.05) is 31.6 Å². The van der Waals surface area contributed by atoms with E-state index in [9.17, 15) is 4.79 Å².